The van der Waals surface area contributed by atoms with Gasteiger partial charge in [-0.2, -0.15) is 0 Å². The molecule has 0 saturated carbocycles. The molecule has 0 spiro atoms. The van der Waals surface area contributed by atoms with Crippen LogP contribution in [-0.4, -0.2) is 30.0 Å². The van der Waals surface area contributed by atoms with Crippen molar-refractivity contribution in [3.8, 4) is 0 Å². The van der Waals surface area contributed by atoms with Gasteiger partial charge in [0.15, 0.2) is 0 Å². The summed E-state index contributed by atoms with van der Waals surface area (Å²) >= 11 is 0. The van der Waals surface area contributed by atoms with E-state index in [1.165, 1.54) is 0 Å². The third-order valence-corrected chi connectivity index (χ3v) is 2.36. The zero-order chi connectivity index (χ0) is 10.4. The molecule has 0 amide bonds. The van der Waals surface area contributed by atoms with Crippen molar-refractivity contribution in [1.82, 2.24) is 9.88 Å². The Bertz CT molecular complexity index is 248. The molecule has 1 aromatic heterocycles. The molecular formula is C11H19N3. The summed E-state index contributed by atoms with van der Waals surface area (Å²) in [6.45, 7) is 3.84. The first-order valence-electron chi connectivity index (χ1n) is 5.10. The van der Waals surface area contributed by atoms with Gasteiger partial charge in [0.05, 0.1) is 11.7 Å². The van der Waals surface area contributed by atoms with Gasteiger partial charge in [-0.05, 0) is 32.1 Å². The van der Waals surface area contributed by atoms with E-state index in [2.05, 4.69) is 23.9 Å². The minimum absolute atomic E-state index is 0.246. The van der Waals surface area contributed by atoms with Crippen molar-refractivity contribution < 1.29 is 0 Å². The van der Waals surface area contributed by atoms with Crippen molar-refractivity contribution >= 4 is 0 Å². The second-order valence-electron chi connectivity index (χ2n) is 3.49. The van der Waals surface area contributed by atoms with Gasteiger partial charge in [0, 0.05) is 12.7 Å². The van der Waals surface area contributed by atoms with E-state index in [4.69, 9.17) is 5.73 Å². The van der Waals surface area contributed by atoms with Gasteiger partial charge in [0.1, 0.15) is 0 Å². The van der Waals surface area contributed by atoms with E-state index in [1.54, 1.807) is 0 Å². The average molecular weight is 193 g/mol. The summed E-state index contributed by atoms with van der Waals surface area (Å²) < 4.78 is 0. The van der Waals surface area contributed by atoms with Crippen molar-refractivity contribution in [2.45, 2.75) is 19.4 Å². The van der Waals surface area contributed by atoms with Crippen LogP contribution in [0.3, 0.4) is 0 Å². The van der Waals surface area contributed by atoms with Crippen LogP contribution in [0.15, 0.2) is 24.4 Å². The molecule has 78 valence electrons. The summed E-state index contributed by atoms with van der Waals surface area (Å²) in [5.74, 6) is 0. The number of nitrogens with zero attached hydrogens (tertiary/aromatic N) is 2. The van der Waals surface area contributed by atoms with Crippen LogP contribution in [0, 0.1) is 0 Å². The van der Waals surface area contributed by atoms with Crippen LogP contribution in [0.5, 0.6) is 0 Å². The molecule has 2 N–H and O–H groups in total. The van der Waals surface area contributed by atoms with E-state index in [-0.39, 0.29) is 6.04 Å². The SMILES string of the molecule is CCCN(C)C(CN)c1ccccn1. The first kappa shape index (κ1) is 11.1. The van der Waals surface area contributed by atoms with Crippen molar-refractivity contribution in [1.29, 1.82) is 0 Å². The minimum atomic E-state index is 0.246. The molecule has 0 aliphatic rings. The van der Waals surface area contributed by atoms with Gasteiger partial charge >= 0.3 is 0 Å². The quantitative estimate of drug-likeness (QED) is 0.769. The van der Waals surface area contributed by atoms with Crippen molar-refractivity contribution in [2.24, 2.45) is 5.73 Å². The Morgan fingerprint density at radius 3 is 2.79 bits per heavy atom. The maximum absolute atomic E-state index is 5.75. The lowest BCUT2D eigenvalue weighted by molar-refractivity contribution is 0.246. The highest BCUT2D eigenvalue weighted by Crippen LogP contribution is 2.15. The van der Waals surface area contributed by atoms with Gasteiger partial charge in [0.2, 0.25) is 0 Å². The smallest absolute Gasteiger partial charge is 0.0642 e. The van der Waals surface area contributed by atoms with E-state index in [0.717, 1.165) is 18.7 Å². The second kappa shape index (κ2) is 5.73. The Labute approximate surface area is 85.9 Å². The fraction of sp³-hybridized carbons (Fsp3) is 0.545. The summed E-state index contributed by atoms with van der Waals surface area (Å²) in [6.07, 6.45) is 2.96. The topological polar surface area (TPSA) is 42.1 Å². The molecule has 1 aromatic rings. The van der Waals surface area contributed by atoms with Crippen molar-refractivity contribution in [3.05, 3.63) is 30.1 Å². The number of pyridine rings is 1. The van der Waals surface area contributed by atoms with Crippen LogP contribution >= 0.6 is 0 Å². The number of hydrogen-bond acceptors (Lipinski definition) is 3. The van der Waals surface area contributed by atoms with Crippen molar-refractivity contribution in [3.63, 3.8) is 0 Å². The molecule has 1 unspecified atom stereocenters. The second-order valence-corrected chi connectivity index (χ2v) is 3.49. The fourth-order valence-electron chi connectivity index (χ4n) is 1.61. The van der Waals surface area contributed by atoms with Gasteiger partial charge in [-0.25, -0.2) is 0 Å². The molecule has 1 heterocycles. The van der Waals surface area contributed by atoms with Crippen LogP contribution in [0.2, 0.25) is 0 Å². The average Bonchev–Trinajstić information content (AvgIpc) is 2.21. The molecule has 0 aromatic carbocycles. The third-order valence-electron chi connectivity index (χ3n) is 2.36. The third kappa shape index (κ3) is 2.79. The normalized spacial score (nSPS) is 13.1. The number of aromatic nitrogens is 1. The first-order valence-corrected chi connectivity index (χ1v) is 5.10. The molecule has 1 atom stereocenters. The number of hydrogen-bond donors (Lipinski definition) is 1. The van der Waals surface area contributed by atoms with Gasteiger partial charge in [-0.15, -0.1) is 0 Å². The maximum Gasteiger partial charge on any atom is 0.0642 e. The van der Waals surface area contributed by atoms with E-state index in [1.807, 2.05) is 24.4 Å². The Hall–Kier alpha value is -0.930. The van der Waals surface area contributed by atoms with Gasteiger partial charge < -0.3 is 5.73 Å². The lowest BCUT2D eigenvalue weighted by Gasteiger charge is -2.25. The van der Waals surface area contributed by atoms with Crippen LogP contribution in [0.4, 0.5) is 0 Å². The maximum atomic E-state index is 5.75. The molecule has 3 nitrogen and oxygen atoms in total. The summed E-state index contributed by atoms with van der Waals surface area (Å²) in [7, 11) is 2.09. The molecule has 0 saturated heterocycles. The minimum Gasteiger partial charge on any atom is -0.329 e. The molecule has 3 heteroatoms. The van der Waals surface area contributed by atoms with E-state index < -0.39 is 0 Å². The monoisotopic (exact) mass is 193 g/mol. The number of rotatable bonds is 5. The Morgan fingerprint density at radius 1 is 1.50 bits per heavy atom. The van der Waals surface area contributed by atoms with E-state index >= 15 is 0 Å². The van der Waals surface area contributed by atoms with E-state index in [9.17, 15) is 0 Å². The molecule has 0 aliphatic heterocycles. The fourth-order valence-corrected chi connectivity index (χ4v) is 1.61. The highest BCUT2D eigenvalue weighted by atomic mass is 15.1. The van der Waals surface area contributed by atoms with Gasteiger partial charge in [-0.3, -0.25) is 9.88 Å². The Balaban J connectivity index is 2.71. The predicted octanol–water partition coefficient (Wildman–Crippen LogP) is 1.42. The lowest BCUT2D eigenvalue weighted by Crippen LogP contribution is -2.31. The first-order chi connectivity index (χ1) is 6.79. The molecule has 0 bridgehead atoms. The zero-order valence-electron chi connectivity index (χ0n) is 8.98. The molecular weight excluding hydrogens is 174 g/mol. The van der Waals surface area contributed by atoms with Crippen LogP contribution in [-0.2, 0) is 0 Å². The molecule has 0 aliphatic carbocycles. The largest absolute Gasteiger partial charge is 0.329 e. The molecule has 0 fully saturated rings. The lowest BCUT2D eigenvalue weighted by atomic mass is 10.1. The predicted molar refractivity (Wildman–Crippen MR) is 59.0 cm³/mol. The van der Waals surface area contributed by atoms with Gasteiger partial charge in [-0.1, -0.05) is 13.0 Å². The summed E-state index contributed by atoms with van der Waals surface area (Å²) in [5.41, 5.74) is 6.82. The number of likely N-dealkylation sites (N-methyl/N-ethyl adjacent to an activating group) is 1. The Kier molecular flexibility index (Phi) is 4.56. The van der Waals surface area contributed by atoms with Gasteiger partial charge in [0.25, 0.3) is 0 Å². The Morgan fingerprint density at radius 2 is 2.29 bits per heavy atom. The van der Waals surface area contributed by atoms with Crippen LogP contribution in [0.25, 0.3) is 0 Å². The summed E-state index contributed by atoms with van der Waals surface area (Å²) in [4.78, 5) is 6.58. The molecule has 1 rings (SSSR count). The highest BCUT2D eigenvalue weighted by molar-refractivity contribution is 5.09. The summed E-state index contributed by atoms with van der Waals surface area (Å²) in [6, 6.07) is 6.21. The van der Waals surface area contributed by atoms with Crippen molar-refractivity contribution in [2.75, 3.05) is 20.1 Å². The highest BCUT2D eigenvalue weighted by Gasteiger charge is 2.14. The molecule has 14 heavy (non-hydrogen) atoms. The zero-order valence-corrected chi connectivity index (χ0v) is 8.98. The van der Waals surface area contributed by atoms with E-state index in [0.29, 0.717) is 6.54 Å². The van der Waals surface area contributed by atoms with Crippen LogP contribution < -0.4 is 5.73 Å². The molecule has 0 radical (unpaired) electrons. The van der Waals surface area contributed by atoms with Crippen LogP contribution in [0.1, 0.15) is 25.1 Å². The number of nitrogens with two attached hydrogens (primary N) is 1. The summed E-state index contributed by atoms with van der Waals surface area (Å²) in [5, 5.41) is 0. The standard InChI is InChI=1S/C11H19N3/c1-3-8-14(2)11(9-12)10-6-4-5-7-13-10/h4-7,11H,3,8-9,12H2,1-2H3.